The highest BCUT2D eigenvalue weighted by Crippen LogP contribution is 2.25. The Hall–Kier alpha value is -2.23. The van der Waals surface area contributed by atoms with Crippen LogP contribution in [0.15, 0.2) is 35.7 Å². The number of aromatic amines is 1. The summed E-state index contributed by atoms with van der Waals surface area (Å²) >= 11 is 7.36. The van der Waals surface area contributed by atoms with Crippen molar-refractivity contribution in [3.63, 3.8) is 0 Å². The molecule has 3 aromatic rings. The quantitative estimate of drug-likeness (QED) is 0.411. The fraction of sp³-hybridized carbons (Fsp3) is 0.222. The monoisotopic (exact) mass is 406 g/mol. The summed E-state index contributed by atoms with van der Waals surface area (Å²) in [5, 5.41) is 24.2. The van der Waals surface area contributed by atoms with E-state index in [4.69, 9.17) is 22.4 Å². The van der Waals surface area contributed by atoms with Crippen LogP contribution < -0.4 is 11.1 Å². The highest BCUT2D eigenvalue weighted by Gasteiger charge is 2.19. The van der Waals surface area contributed by atoms with Crippen molar-refractivity contribution in [1.29, 1.82) is 0 Å². The number of thiazole rings is 1. The highest BCUT2D eigenvalue weighted by molar-refractivity contribution is 7.09. The molecule has 0 bridgehead atoms. The van der Waals surface area contributed by atoms with Crippen molar-refractivity contribution < 1.29 is 15.0 Å². The Kier molecular flexibility index (Phi) is 6.25. The maximum absolute atomic E-state index is 12.6. The molecule has 7 nitrogen and oxygen atoms in total. The molecular weight excluding hydrogens is 388 g/mol. The van der Waals surface area contributed by atoms with Crippen LogP contribution in [0.2, 0.25) is 5.02 Å². The van der Waals surface area contributed by atoms with Crippen molar-refractivity contribution >= 4 is 28.8 Å². The van der Waals surface area contributed by atoms with Gasteiger partial charge in [0.15, 0.2) is 0 Å². The minimum atomic E-state index is -0.439. The average molecular weight is 407 g/mol. The number of hydrogen-bond acceptors (Lipinski definition) is 6. The second-order valence-corrected chi connectivity index (χ2v) is 7.14. The summed E-state index contributed by atoms with van der Waals surface area (Å²) in [4.78, 5) is 19.9. The van der Waals surface area contributed by atoms with E-state index in [-0.39, 0.29) is 25.7 Å². The van der Waals surface area contributed by atoms with Crippen molar-refractivity contribution in [2.24, 2.45) is 5.73 Å². The molecule has 1 amide bonds. The molecule has 0 spiro atoms. The Labute approximate surface area is 164 Å². The molecule has 6 N–H and O–H groups in total. The minimum absolute atomic E-state index is 0.154. The number of carbonyl (C=O) groups excluding carboxylic acids is 1. The Balaban J connectivity index is 1.76. The molecule has 3 rings (SSSR count). The van der Waals surface area contributed by atoms with Crippen molar-refractivity contribution in [3.05, 3.63) is 62.7 Å². The predicted molar refractivity (Wildman–Crippen MR) is 104 cm³/mol. The van der Waals surface area contributed by atoms with E-state index in [9.17, 15) is 9.90 Å². The van der Waals surface area contributed by atoms with Crippen LogP contribution in [0, 0.1) is 0 Å². The van der Waals surface area contributed by atoms with Crippen LogP contribution in [-0.4, -0.2) is 32.6 Å². The first-order chi connectivity index (χ1) is 13.0. The first-order valence-corrected chi connectivity index (χ1v) is 9.46. The van der Waals surface area contributed by atoms with E-state index >= 15 is 0 Å². The topological polar surface area (TPSA) is 124 Å². The summed E-state index contributed by atoms with van der Waals surface area (Å²) < 4.78 is 0. The summed E-state index contributed by atoms with van der Waals surface area (Å²) in [6.07, 6.45) is 0. The molecule has 0 saturated heterocycles. The van der Waals surface area contributed by atoms with Gasteiger partial charge in [-0.05, 0) is 35.4 Å². The van der Waals surface area contributed by atoms with Gasteiger partial charge in [0.1, 0.15) is 10.7 Å². The van der Waals surface area contributed by atoms with Gasteiger partial charge in [-0.2, -0.15) is 0 Å². The number of rotatable bonds is 7. The third-order valence-electron chi connectivity index (χ3n) is 4.03. The highest BCUT2D eigenvalue weighted by atomic mass is 35.5. The zero-order chi connectivity index (χ0) is 19.4. The number of nitrogens with one attached hydrogen (secondary N) is 2. The SMILES string of the molecule is NC[C@@H](NC(=O)c1ccc(-c2ccc(Cl)c(CO)c2)[nH]1)c1nc(CO)cs1. The number of H-pyrrole nitrogens is 1. The molecule has 0 aliphatic carbocycles. The van der Waals surface area contributed by atoms with Crippen LogP contribution in [0.25, 0.3) is 11.3 Å². The number of carbonyl (C=O) groups is 1. The van der Waals surface area contributed by atoms with Crippen LogP contribution in [-0.2, 0) is 13.2 Å². The average Bonchev–Trinajstić information content (AvgIpc) is 3.36. The number of benzene rings is 1. The number of aromatic nitrogens is 2. The van der Waals surface area contributed by atoms with E-state index in [0.717, 1.165) is 11.3 Å². The molecule has 1 aromatic carbocycles. The fourth-order valence-corrected chi connectivity index (χ4v) is 3.62. The van der Waals surface area contributed by atoms with Crippen molar-refractivity contribution in [2.45, 2.75) is 19.3 Å². The molecule has 2 heterocycles. The van der Waals surface area contributed by atoms with Gasteiger partial charge in [0.2, 0.25) is 0 Å². The van der Waals surface area contributed by atoms with Gasteiger partial charge < -0.3 is 26.2 Å². The number of hydrogen-bond donors (Lipinski definition) is 5. The van der Waals surface area contributed by atoms with Gasteiger partial charge in [0.05, 0.1) is 24.9 Å². The van der Waals surface area contributed by atoms with Gasteiger partial charge in [-0.15, -0.1) is 11.3 Å². The molecule has 0 radical (unpaired) electrons. The lowest BCUT2D eigenvalue weighted by Gasteiger charge is -2.13. The van der Waals surface area contributed by atoms with Gasteiger partial charge in [0.25, 0.3) is 5.91 Å². The van der Waals surface area contributed by atoms with Gasteiger partial charge in [-0.25, -0.2) is 4.98 Å². The molecule has 0 fully saturated rings. The normalized spacial score (nSPS) is 12.1. The zero-order valence-corrected chi connectivity index (χ0v) is 15.8. The Morgan fingerprint density at radius 1 is 1.30 bits per heavy atom. The van der Waals surface area contributed by atoms with E-state index in [1.54, 1.807) is 29.6 Å². The molecule has 142 valence electrons. The molecule has 0 unspecified atom stereocenters. The van der Waals surface area contributed by atoms with Gasteiger partial charge in [-0.1, -0.05) is 17.7 Å². The first kappa shape index (κ1) is 19.5. The second kappa shape index (κ2) is 8.64. The van der Waals surface area contributed by atoms with E-state index in [1.165, 1.54) is 11.3 Å². The van der Waals surface area contributed by atoms with Gasteiger partial charge in [-0.3, -0.25) is 4.79 Å². The van der Waals surface area contributed by atoms with Crippen LogP contribution in [0.1, 0.15) is 32.8 Å². The lowest BCUT2D eigenvalue weighted by Crippen LogP contribution is -2.33. The third-order valence-corrected chi connectivity index (χ3v) is 5.40. The number of nitrogens with two attached hydrogens (primary N) is 1. The standard InChI is InChI=1S/C18H19ClN4O3S/c19-13-2-1-10(5-11(13)7-24)14-3-4-15(22-14)17(26)23-16(6-20)18-21-12(8-25)9-27-18/h1-5,9,16,22,24-25H,6-8,20H2,(H,23,26)/t16-/m1/s1. The summed E-state index contributed by atoms with van der Waals surface area (Å²) in [6, 6.07) is 8.30. The van der Waals surface area contributed by atoms with E-state index in [1.807, 2.05) is 6.07 Å². The Morgan fingerprint density at radius 2 is 2.11 bits per heavy atom. The Bertz CT molecular complexity index is 940. The largest absolute Gasteiger partial charge is 0.392 e. The minimum Gasteiger partial charge on any atom is -0.392 e. The number of halogens is 1. The second-order valence-electron chi connectivity index (χ2n) is 5.85. The lowest BCUT2D eigenvalue weighted by molar-refractivity contribution is 0.0933. The molecule has 2 aromatic heterocycles. The number of aliphatic hydroxyl groups is 2. The Morgan fingerprint density at radius 3 is 2.78 bits per heavy atom. The molecule has 27 heavy (non-hydrogen) atoms. The number of nitrogens with zero attached hydrogens (tertiary/aromatic N) is 1. The van der Waals surface area contributed by atoms with Crippen LogP contribution >= 0.6 is 22.9 Å². The maximum Gasteiger partial charge on any atom is 0.268 e. The summed E-state index contributed by atoms with van der Waals surface area (Å²) in [6.45, 7) is -0.129. The van der Waals surface area contributed by atoms with Crippen LogP contribution in [0.3, 0.4) is 0 Å². The molecule has 0 saturated carbocycles. The molecular formula is C18H19ClN4O3S. The fourth-order valence-electron chi connectivity index (χ4n) is 2.57. The van der Waals surface area contributed by atoms with Crippen molar-refractivity contribution in [3.8, 4) is 11.3 Å². The number of amides is 1. The first-order valence-electron chi connectivity index (χ1n) is 8.20. The number of aliphatic hydroxyl groups excluding tert-OH is 2. The smallest absolute Gasteiger partial charge is 0.268 e. The maximum atomic E-state index is 12.6. The summed E-state index contributed by atoms with van der Waals surface area (Å²) in [5.74, 6) is -0.311. The van der Waals surface area contributed by atoms with Crippen molar-refractivity contribution in [1.82, 2.24) is 15.3 Å². The summed E-state index contributed by atoms with van der Waals surface area (Å²) in [5.41, 5.74) is 8.85. The molecule has 0 aliphatic heterocycles. The molecule has 0 aliphatic rings. The van der Waals surface area contributed by atoms with Gasteiger partial charge >= 0.3 is 0 Å². The van der Waals surface area contributed by atoms with Crippen LogP contribution in [0.4, 0.5) is 0 Å². The molecule has 9 heteroatoms. The van der Waals surface area contributed by atoms with E-state index in [0.29, 0.717) is 27.0 Å². The summed E-state index contributed by atoms with van der Waals surface area (Å²) in [7, 11) is 0. The third kappa shape index (κ3) is 4.37. The van der Waals surface area contributed by atoms with Crippen LogP contribution in [0.5, 0.6) is 0 Å². The predicted octanol–water partition coefficient (Wildman–Crippen LogP) is 2.21. The van der Waals surface area contributed by atoms with Gasteiger partial charge in [0, 0.05) is 22.6 Å². The van der Waals surface area contributed by atoms with E-state index in [2.05, 4.69) is 15.3 Å². The zero-order valence-electron chi connectivity index (χ0n) is 14.3. The van der Waals surface area contributed by atoms with Crippen molar-refractivity contribution in [2.75, 3.05) is 6.54 Å². The molecule has 1 atom stereocenters. The lowest BCUT2D eigenvalue weighted by atomic mass is 10.1. The van der Waals surface area contributed by atoms with E-state index < -0.39 is 6.04 Å².